The maximum atomic E-state index is 12.8. The number of aromatic amines is 1. The lowest BCUT2D eigenvalue weighted by atomic mass is 9.82. The molecule has 2 aromatic carbocycles. The number of nitro groups is 1. The predicted octanol–water partition coefficient (Wildman–Crippen LogP) is 4.02. The number of carbonyl (C=O) groups is 1. The molecule has 0 spiro atoms. The van der Waals surface area contributed by atoms with Gasteiger partial charge >= 0.3 is 5.97 Å². The Hall–Kier alpha value is -5.57. The van der Waals surface area contributed by atoms with Gasteiger partial charge in [0.15, 0.2) is 11.5 Å². The van der Waals surface area contributed by atoms with E-state index in [1.807, 2.05) is 0 Å². The number of nitriles is 1. The molecule has 0 unspecified atom stereocenters. The Morgan fingerprint density at radius 1 is 1.24 bits per heavy atom. The van der Waals surface area contributed by atoms with Crippen LogP contribution in [0.5, 0.6) is 17.4 Å². The molecule has 0 fully saturated rings. The number of esters is 1. The molecule has 12 heteroatoms. The third kappa shape index (κ3) is 4.00. The molecule has 4 aromatic rings. The van der Waals surface area contributed by atoms with Crippen LogP contribution >= 0.6 is 0 Å². The number of allylic oxidation sites excluding steroid dienone is 1. The second-order valence-electron chi connectivity index (χ2n) is 7.80. The molecule has 0 bridgehead atoms. The predicted molar refractivity (Wildman–Crippen MR) is 127 cm³/mol. The van der Waals surface area contributed by atoms with Gasteiger partial charge in [0.05, 0.1) is 35.5 Å². The van der Waals surface area contributed by atoms with Crippen LogP contribution in [0.4, 0.5) is 5.69 Å². The Morgan fingerprint density at radius 2 is 2.05 bits per heavy atom. The molecule has 1 aliphatic heterocycles. The second-order valence-corrected chi connectivity index (χ2v) is 7.80. The third-order valence-corrected chi connectivity index (χ3v) is 5.74. The first kappa shape index (κ1) is 23.2. The highest BCUT2D eigenvalue weighted by Gasteiger charge is 2.38. The monoisotopic (exact) mass is 499 g/mol. The summed E-state index contributed by atoms with van der Waals surface area (Å²) in [6.45, 7) is 0. The Labute approximate surface area is 208 Å². The first-order valence-electron chi connectivity index (χ1n) is 10.8. The number of aromatic nitrogens is 2. The van der Waals surface area contributed by atoms with Crippen molar-refractivity contribution < 1.29 is 28.3 Å². The lowest BCUT2D eigenvalue weighted by molar-refractivity contribution is -0.384. The number of non-ortho nitro benzene ring substituents is 1. The summed E-state index contributed by atoms with van der Waals surface area (Å²) in [5.41, 5.74) is 7.45. The van der Waals surface area contributed by atoms with Crippen LogP contribution in [0, 0.1) is 21.4 Å². The topological polar surface area (TPSA) is 180 Å². The number of hydrogen-bond donors (Lipinski definition) is 2. The fourth-order valence-corrected chi connectivity index (χ4v) is 4.12. The number of methoxy groups -OCH3 is 1. The summed E-state index contributed by atoms with van der Waals surface area (Å²) >= 11 is 0. The number of nitrogens with two attached hydrogens (primary N) is 1. The summed E-state index contributed by atoms with van der Waals surface area (Å²) in [6.07, 6.45) is 1.33. The fraction of sp³-hybridized carbons (Fsp3) is 0.0800. The van der Waals surface area contributed by atoms with Gasteiger partial charge in [0.25, 0.3) is 5.69 Å². The van der Waals surface area contributed by atoms with Gasteiger partial charge in [-0.25, -0.2) is 4.79 Å². The lowest BCUT2D eigenvalue weighted by Crippen LogP contribution is -2.22. The van der Waals surface area contributed by atoms with E-state index in [0.29, 0.717) is 22.4 Å². The largest absolute Gasteiger partial charge is 0.493 e. The van der Waals surface area contributed by atoms with Crippen LogP contribution in [0.3, 0.4) is 0 Å². The minimum atomic E-state index is -0.934. The highest BCUT2D eigenvalue weighted by molar-refractivity contribution is 5.89. The van der Waals surface area contributed by atoms with Crippen molar-refractivity contribution in [3.05, 3.63) is 99.3 Å². The normalized spacial score (nSPS) is 14.3. The molecule has 0 amide bonds. The zero-order valence-corrected chi connectivity index (χ0v) is 19.1. The first-order chi connectivity index (χ1) is 17.9. The highest BCUT2D eigenvalue weighted by atomic mass is 16.6. The van der Waals surface area contributed by atoms with Crippen molar-refractivity contribution in [2.45, 2.75) is 5.92 Å². The molecule has 12 nitrogen and oxygen atoms in total. The van der Waals surface area contributed by atoms with Crippen LogP contribution in [0.2, 0.25) is 0 Å². The van der Waals surface area contributed by atoms with E-state index < -0.39 is 16.8 Å². The van der Waals surface area contributed by atoms with Gasteiger partial charge in [-0.1, -0.05) is 24.3 Å². The summed E-state index contributed by atoms with van der Waals surface area (Å²) in [4.78, 5) is 23.7. The van der Waals surface area contributed by atoms with E-state index in [9.17, 15) is 20.2 Å². The number of benzene rings is 2. The number of H-pyrrole nitrogens is 1. The van der Waals surface area contributed by atoms with Crippen LogP contribution in [0.1, 0.15) is 27.6 Å². The minimum absolute atomic E-state index is 0.0177. The number of para-hydroxylation sites is 1. The van der Waals surface area contributed by atoms with Crippen molar-refractivity contribution in [1.29, 1.82) is 5.26 Å². The van der Waals surface area contributed by atoms with Crippen molar-refractivity contribution in [3.63, 3.8) is 0 Å². The number of ether oxygens (including phenoxy) is 3. The molecule has 37 heavy (non-hydrogen) atoms. The van der Waals surface area contributed by atoms with Crippen LogP contribution in [0.25, 0.3) is 11.3 Å². The van der Waals surface area contributed by atoms with E-state index >= 15 is 0 Å². The number of furan rings is 1. The van der Waals surface area contributed by atoms with E-state index in [4.69, 9.17) is 24.4 Å². The Bertz CT molecular complexity index is 1600. The molecule has 3 heterocycles. The summed E-state index contributed by atoms with van der Waals surface area (Å²) in [5, 5.41) is 28.4. The number of fused-ring (bicyclic) bond motifs is 1. The zero-order valence-electron chi connectivity index (χ0n) is 19.1. The smallest absolute Gasteiger partial charge is 0.379 e. The standard InChI is InChI=1S/C25H17N5O7/c1-34-17-8-3-7-15(22(17)36-25(31)18-9-4-10-35-18)19-16(12-26)23(27)37-24-20(19)21(28-29-24)13-5-2-6-14(11-13)30(32)33/h2-11,19H,27H2,1H3,(H,28,29)/t19-/m1/s1. The average Bonchev–Trinajstić information content (AvgIpc) is 3.59. The molecule has 0 radical (unpaired) electrons. The molecule has 184 valence electrons. The number of nitrogens with one attached hydrogen (secondary N) is 1. The van der Waals surface area contributed by atoms with Crippen molar-refractivity contribution in [1.82, 2.24) is 10.2 Å². The number of carbonyl (C=O) groups excluding carboxylic acids is 1. The molecule has 3 N–H and O–H groups in total. The number of rotatable bonds is 6. The zero-order chi connectivity index (χ0) is 26.1. The summed E-state index contributed by atoms with van der Waals surface area (Å²) in [5.74, 6) is -1.66. The van der Waals surface area contributed by atoms with Crippen molar-refractivity contribution in [3.8, 4) is 34.7 Å². The van der Waals surface area contributed by atoms with E-state index in [1.165, 1.54) is 37.6 Å². The van der Waals surface area contributed by atoms with Crippen LogP contribution in [-0.4, -0.2) is 28.2 Å². The molecular formula is C25H17N5O7. The molecular weight excluding hydrogens is 482 g/mol. The van der Waals surface area contributed by atoms with Gasteiger partial charge in [0.1, 0.15) is 11.6 Å². The summed E-state index contributed by atoms with van der Waals surface area (Å²) in [7, 11) is 1.40. The molecule has 1 atom stereocenters. The highest BCUT2D eigenvalue weighted by Crippen LogP contribution is 2.50. The van der Waals surface area contributed by atoms with Crippen LogP contribution < -0.4 is 19.9 Å². The van der Waals surface area contributed by atoms with Gasteiger partial charge in [0.2, 0.25) is 17.5 Å². The van der Waals surface area contributed by atoms with E-state index in [2.05, 4.69) is 16.3 Å². The van der Waals surface area contributed by atoms with Gasteiger partial charge in [-0.15, -0.1) is 5.10 Å². The lowest BCUT2D eigenvalue weighted by Gasteiger charge is -2.26. The van der Waals surface area contributed by atoms with Crippen molar-refractivity contribution in [2.75, 3.05) is 7.11 Å². The first-order valence-corrected chi connectivity index (χ1v) is 10.8. The van der Waals surface area contributed by atoms with E-state index in [0.717, 1.165) is 0 Å². The van der Waals surface area contributed by atoms with Gasteiger partial charge in [-0.2, -0.15) is 5.26 Å². The maximum absolute atomic E-state index is 12.8. The summed E-state index contributed by atoms with van der Waals surface area (Å²) in [6, 6.07) is 15.8. The molecule has 2 aromatic heterocycles. The van der Waals surface area contributed by atoms with Crippen molar-refractivity contribution >= 4 is 11.7 Å². The van der Waals surface area contributed by atoms with Gasteiger partial charge in [0, 0.05) is 23.3 Å². The Balaban J connectivity index is 1.72. The van der Waals surface area contributed by atoms with Crippen LogP contribution in [-0.2, 0) is 0 Å². The van der Waals surface area contributed by atoms with Gasteiger partial charge in [-0.3, -0.25) is 15.2 Å². The average molecular weight is 499 g/mol. The SMILES string of the molecule is COc1cccc([C@@H]2C(C#N)=C(N)Oc3n[nH]c(-c4cccc([N+](=O)[O-])c4)c32)c1OC(=O)c1ccco1. The number of hydrogen-bond acceptors (Lipinski definition) is 10. The van der Waals surface area contributed by atoms with Crippen molar-refractivity contribution in [2.24, 2.45) is 5.73 Å². The fourth-order valence-electron chi connectivity index (χ4n) is 4.12. The molecule has 1 aliphatic rings. The number of nitro benzene ring substituents is 1. The quantitative estimate of drug-likeness (QED) is 0.170. The van der Waals surface area contributed by atoms with Gasteiger partial charge < -0.3 is 24.4 Å². The Morgan fingerprint density at radius 3 is 2.76 bits per heavy atom. The van der Waals surface area contributed by atoms with Crippen LogP contribution in [0.15, 0.2) is 76.7 Å². The van der Waals surface area contributed by atoms with Gasteiger partial charge in [-0.05, 0) is 18.2 Å². The third-order valence-electron chi connectivity index (χ3n) is 5.74. The number of nitrogens with zero attached hydrogens (tertiary/aromatic N) is 3. The van der Waals surface area contributed by atoms with E-state index in [-0.39, 0.29) is 40.3 Å². The minimum Gasteiger partial charge on any atom is -0.493 e. The molecule has 0 saturated heterocycles. The second kappa shape index (κ2) is 9.23. The molecule has 5 rings (SSSR count). The summed E-state index contributed by atoms with van der Waals surface area (Å²) < 4.78 is 21.9. The molecule has 0 aliphatic carbocycles. The Kier molecular flexibility index (Phi) is 5.79. The molecule has 0 saturated carbocycles. The maximum Gasteiger partial charge on any atom is 0.379 e. The van der Waals surface area contributed by atoms with E-state index in [1.54, 1.807) is 30.3 Å².